The van der Waals surface area contributed by atoms with Crippen LogP contribution in [-0.4, -0.2) is 42.4 Å². The lowest BCUT2D eigenvalue weighted by Gasteiger charge is -2.28. The van der Waals surface area contributed by atoms with E-state index in [9.17, 15) is 14.4 Å². The molecule has 0 spiro atoms. The molecule has 0 radical (unpaired) electrons. The SMILES string of the molecule is CCOC(=O)CN1CC=CC[C@@H]([C@H](Cc2ccccc2)C(=O)OCc2ccccc2)C1=O. The minimum absolute atomic E-state index is 0.134. The highest BCUT2D eigenvalue weighted by Gasteiger charge is 2.38. The zero-order valence-corrected chi connectivity index (χ0v) is 18.3. The number of esters is 2. The first-order valence-electron chi connectivity index (χ1n) is 10.9. The largest absolute Gasteiger partial charge is 0.465 e. The lowest BCUT2D eigenvalue weighted by molar-refractivity contribution is -0.157. The molecule has 0 aliphatic carbocycles. The Balaban J connectivity index is 1.80. The number of nitrogens with zero attached hydrogens (tertiary/aromatic N) is 1. The molecule has 2 atom stereocenters. The summed E-state index contributed by atoms with van der Waals surface area (Å²) in [5.41, 5.74) is 1.84. The van der Waals surface area contributed by atoms with E-state index in [0.29, 0.717) is 19.4 Å². The van der Waals surface area contributed by atoms with E-state index in [1.54, 1.807) is 6.92 Å². The maximum Gasteiger partial charge on any atom is 0.325 e. The Morgan fingerprint density at radius 2 is 1.62 bits per heavy atom. The number of carbonyl (C=O) groups excluding carboxylic acids is 3. The summed E-state index contributed by atoms with van der Waals surface area (Å²) in [5, 5.41) is 0. The summed E-state index contributed by atoms with van der Waals surface area (Å²) in [6, 6.07) is 19.0. The summed E-state index contributed by atoms with van der Waals surface area (Å²) in [6.45, 7) is 2.30. The van der Waals surface area contributed by atoms with Gasteiger partial charge in [0.1, 0.15) is 13.2 Å². The summed E-state index contributed by atoms with van der Waals surface area (Å²) in [6.07, 6.45) is 4.55. The first-order valence-corrected chi connectivity index (χ1v) is 10.9. The Kier molecular flexibility index (Phi) is 8.61. The van der Waals surface area contributed by atoms with Gasteiger partial charge in [-0.2, -0.15) is 0 Å². The van der Waals surface area contributed by atoms with Crippen LogP contribution in [-0.2, 0) is 36.9 Å². The molecule has 1 aliphatic heterocycles. The van der Waals surface area contributed by atoms with E-state index in [4.69, 9.17) is 9.47 Å². The summed E-state index contributed by atoms with van der Waals surface area (Å²) in [5.74, 6) is -2.39. The second kappa shape index (κ2) is 11.8. The molecule has 0 unspecified atom stereocenters. The predicted octanol–water partition coefficient (Wildman–Crippen LogP) is 3.56. The molecule has 2 aromatic carbocycles. The van der Waals surface area contributed by atoms with E-state index in [1.807, 2.05) is 72.8 Å². The number of carbonyl (C=O) groups is 3. The average Bonchev–Trinajstić information content (AvgIpc) is 2.99. The van der Waals surface area contributed by atoms with Gasteiger partial charge in [-0.25, -0.2) is 0 Å². The molecule has 0 bridgehead atoms. The van der Waals surface area contributed by atoms with Crippen LogP contribution in [0.1, 0.15) is 24.5 Å². The molecule has 6 heteroatoms. The molecule has 0 aromatic heterocycles. The molecular weight excluding hydrogens is 406 g/mol. The van der Waals surface area contributed by atoms with Crippen molar-refractivity contribution < 1.29 is 23.9 Å². The van der Waals surface area contributed by atoms with Crippen molar-refractivity contribution in [3.63, 3.8) is 0 Å². The first-order chi connectivity index (χ1) is 15.6. The smallest absolute Gasteiger partial charge is 0.325 e. The number of hydrogen-bond donors (Lipinski definition) is 0. The zero-order chi connectivity index (χ0) is 22.8. The van der Waals surface area contributed by atoms with Gasteiger partial charge in [-0.3, -0.25) is 14.4 Å². The fourth-order valence-corrected chi connectivity index (χ4v) is 3.80. The van der Waals surface area contributed by atoms with Crippen molar-refractivity contribution in [1.29, 1.82) is 0 Å². The molecule has 1 aliphatic rings. The van der Waals surface area contributed by atoms with Gasteiger partial charge in [0, 0.05) is 6.54 Å². The monoisotopic (exact) mass is 435 g/mol. The molecule has 32 heavy (non-hydrogen) atoms. The van der Waals surface area contributed by atoms with Crippen LogP contribution in [0, 0.1) is 11.8 Å². The van der Waals surface area contributed by atoms with Crippen LogP contribution in [0.4, 0.5) is 0 Å². The van der Waals surface area contributed by atoms with Crippen LogP contribution < -0.4 is 0 Å². The third kappa shape index (κ3) is 6.54. The number of rotatable bonds is 9. The van der Waals surface area contributed by atoms with Gasteiger partial charge in [0.25, 0.3) is 0 Å². The minimum Gasteiger partial charge on any atom is -0.465 e. The number of amides is 1. The molecule has 6 nitrogen and oxygen atoms in total. The van der Waals surface area contributed by atoms with Crippen molar-refractivity contribution in [2.45, 2.75) is 26.4 Å². The summed E-state index contributed by atoms with van der Waals surface area (Å²) in [4.78, 5) is 40.0. The normalized spacial score (nSPS) is 16.8. The molecule has 0 saturated heterocycles. The van der Waals surface area contributed by atoms with Crippen molar-refractivity contribution in [3.8, 4) is 0 Å². The van der Waals surface area contributed by atoms with E-state index in [0.717, 1.165) is 11.1 Å². The van der Waals surface area contributed by atoms with E-state index in [1.165, 1.54) is 4.90 Å². The molecule has 1 amide bonds. The molecule has 0 N–H and O–H groups in total. The van der Waals surface area contributed by atoms with Crippen LogP contribution in [0.2, 0.25) is 0 Å². The zero-order valence-electron chi connectivity index (χ0n) is 18.3. The minimum atomic E-state index is -0.666. The molecule has 0 saturated carbocycles. The number of ether oxygens (including phenoxy) is 2. The Bertz CT molecular complexity index is 926. The van der Waals surface area contributed by atoms with E-state index in [2.05, 4.69) is 0 Å². The summed E-state index contributed by atoms with van der Waals surface area (Å²) >= 11 is 0. The topological polar surface area (TPSA) is 72.9 Å². The summed E-state index contributed by atoms with van der Waals surface area (Å²) in [7, 11) is 0. The second-order valence-corrected chi connectivity index (χ2v) is 7.73. The van der Waals surface area contributed by atoms with Crippen LogP contribution in [0.3, 0.4) is 0 Å². The molecule has 3 rings (SSSR count). The summed E-state index contributed by atoms with van der Waals surface area (Å²) < 4.78 is 10.6. The Morgan fingerprint density at radius 1 is 0.969 bits per heavy atom. The number of benzene rings is 2. The van der Waals surface area contributed by atoms with Crippen LogP contribution in [0.25, 0.3) is 0 Å². The lowest BCUT2D eigenvalue weighted by atomic mass is 9.83. The first kappa shape index (κ1) is 23.3. The Hall–Kier alpha value is -3.41. The van der Waals surface area contributed by atoms with E-state index in [-0.39, 0.29) is 25.7 Å². The molecular formula is C26H29NO5. The van der Waals surface area contributed by atoms with Crippen LogP contribution in [0.5, 0.6) is 0 Å². The molecule has 2 aromatic rings. The van der Waals surface area contributed by atoms with Crippen molar-refractivity contribution in [2.24, 2.45) is 11.8 Å². The van der Waals surface area contributed by atoms with E-state index < -0.39 is 23.8 Å². The van der Waals surface area contributed by atoms with Gasteiger partial charge >= 0.3 is 11.9 Å². The van der Waals surface area contributed by atoms with E-state index >= 15 is 0 Å². The number of allylic oxidation sites excluding steroid dienone is 1. The van der Waals surface area contributed by atoms with Crippen LogP contribution >= 0.6 is 0 Å². The van der Waals surface area contributed by atoms with Gasteiger partial charge in [0.15, 0.2) is 0 Å². The maximum atomic E-state index is 13.4. The molecule has 168 valence electrons. The molecule has 0 fully saturated rings. The standard InChI is InChI=1S/C26H29NO5/c1-2-31-24(28)18-27-16-10-9-15-22(25(27)29)23(17-20-11-5-3-6-12-20)26(30)32-19-21-13-7-4-8-14-21/h3-14,22-23H,2,15-19H2,1H3/t22-,23-/m0/s1. The van der Waals surface area contributed by atoms with Gasteiger partial charge in [0.2, 0.25) is 5.91 Å². The fourth-order valence-electron chi connectivity index (χ4n) is 3.80. The fraction of sp³-hybridized carbons (Fsp3) is 0.346. The predicted molar refractivity (Wildman–Crippen MR) is 120 cm³/mol. The van der Waals surface area contributed by atoms with Gasteiger partial charge < -0.3 is 14.4 Å². The highest BCUT2D eigenvalue weighted by molar-refractivity contribution is 5.88. The van der Waals surface area contributed by atoms with Gasteiger partial charge in [-0.15, -0.1) is 0 Å². The van der Waals surface area contributed by atoms with Crippen molar-refractivity contribution >= 4 is 17.8 Å². The quantitative estimate of drug-likeness (QED) is 0.445. The average molecular weight is 436 g/mol. The Labute approximate surface area is 188 Å². The highest BCUT2D eigenvalue weighted by Crippen LogP contribution is 2.27. The Morgan fingerprint density at radius 3 is 2.28 bits per heavy atom. The lowest BCUT2D eigenvalue weighted by Crippen LogP contribution is -2.43. The van der Waals surface area contributed by atoms with Crippen molar-refractivity contribution in [1.82, 2.24) is 4.90 Å². The second-order valence-electron chi connectivity index (χ2n) is 7.73. The van der Waals surface area contributed by atoms with Gasteiger partial charge in [0.05, 0.1) is 18.4 Å². The van der Waals surface area contributed by atoms with Gasteiger partial charge in [-0.1, -0.05) is 72.8 Å². The van der Waals surface area contributed by atoms with Gasteiger partial charge in [-0.05, 0) is 30.9 Å². The maximum absolute atomic E-state index is 13.4. The molecule has 1 heterocycles. The van der Waals surface area contributed by atoms with Crippen LogP contribution in [0.15, 0.2) is 72.8 Å². The highest BCUT2D eigenvalue weighted by atomic mass is 16.5. The van der Waals surface area contributed by atoms with Crippen molar-refractivity contribution in [2.75, 3.05) is 19.7 Å². The third-order valence-electron chi connectivity index (χ3n) is 5.45. The van der Waals surface area contributed by atoms with Crippen molar-refractivity contribution in [3.05, 3.63) is 83.9 Å². The number of hydrogen-bond acceptors (Lipinski definition) is 5. The third-order valence-corrected chi connectivity index (χ3v) is 5.45.